The molecule has 1 unspecified atom stereocenters. The predicted octanol–water partition coefficient (Wildman–Crippen LogP) is 1.77. The molecule has 0 aromatic heterocycles. The fourth-order valence-electron chi connectivity index (χ4n) is 1.69. The van der Waals surface area contributed by atoms with Crippen molar-refractivity contribution in [2.45, 2.75) is 26.4 Å². The van der Waals surface area contributed by atoms with Gasteiger partial charge in [0, 0.05) is 6.26 Å². The Morgan fingerprint density at radius 2 is 1.69 bits per heavy atom. The molecule has 0 heterocycles. The van der Waals surface area contributed by atoms with Crippen LogP contribution in [0.5, 0.6) is 0 Å². The molecular formula is C12H18O3S. The van der Waals surface area contributed by atoms with Crippen molar-refractivity contribution in [3.8, 4) is 0 Å². The van der Waals surface area contributed by atoms with Crippen molar-refractivity contribution in [3.05, 3.63) is 34.9 Å². The third-order valence-electron chi connectivity index (χ3n) is 2.39. The molecule has 1 atom stereocenters. The lowest BCUT2D eigenvalue weighted by atomic mass is 10.0. The van der Waals surface area contributed by atoms with E-state index < -0.39 is 15.9 Å². The van der Waals surface area contributed by atoms with Crippen LogP contribution in [0.25, 0.3) is 0 Å². The van der Waals surface area contributed by atoms with Crippen molar-refractivity contribution >= 4 is 9.84 Å². The molecule has 4 heteroatoms. The van der Waals surface area contributed by atoms with Crippen LogP contribution in [0, 0.1) is 13.8 Å². The topological polar surface area (TPSA) is 54.4 Å². The lowest BCUT2D eigenvalue weighted by Gasteiger charge is -2.12. The van der Waals surface area contributed by atoms with Crippen molar-refractivity contribution in [1.29, 1.82) is 0 Å². The van der Waals surface area contributed by atoms with Gasteiger partial charge in [-0.3, -0.25) is 0 Å². The molecule has 1 aromatic rings. The third-order valence-corrected chi connectivity index (χ3v) is 3.37. The second-order valence-corrected chi connectivity index (χ2v) is 6.62. The number of rotatable bonds is 4. The SMILES string of the molecule is Cc1cc(C)cc(C(O)CCS(C)(=O)=O)c1. The third kappa shape index (κ3) is 4.33. The summed E-state index contributed by atoms with van der Waals surface area (Å²) in [5, 5.41) is 9.87. The van der Waals surface area contributed by atoms with Crippen LogP contribution in [-0.4, -0.2) is 25.5 Å². The fraction of sp³-hybridized carbons (Fsp3) is 0.500. The highest BCUT2D eigenvalue weighted by Gasteiger charge is 2.11. The molecule has 0 saturated carbocycles. The van der Waals surface area contributed by atoms with E-state index in [0.717, 1.165) is 16.7 Å². The van der Waals surface area contributed by atoms with E-state index in [1.807, 2.05) is 32.0 Å². The van der Waals surface area contributed by atoms with E-state index in [9.17, 15) is 13.5 Å². The maximum Gasteiger partial charge on any atom is 0.147 e. The molecule has 0 saturated heterocycles. The monoisotopic (exact) mass is 242 g/mol. The van der Waals surface area contributed by atoms with E-state index in [0.29, 0.717) is 0 Å². The highest BCUT2D eigenvalue weighted by Crippen LogP contribution is 2.20. The van der Waals surface area contributed by atoms with Crippen molar-refractivity contribution in [3.63, 3.8) is 0 Å². The number of aliphatic hydroxyl groups is 1. The second kappa shape index (κ2) is 4.97. The van der Waals surface area contributed by atoms with Crippen LogP contribution in [0.4, 0.5) is 0 Å². The first-order valence-corrected chi connectivity index (χ1v) is 7.28. The molecule has 0 fully saturated rings. The quantitative estimate of drug-likeness (QED) is 0.875. The summed E-state index contributed by atoms with van der Waals surface area (Å²) in [7, 11) is -3.01. The molecule has 1 aromatic carbocycles. The average Bonchev–Trinajstić information content (AvgIpc) is 2.11. The van der Waals surface area contributed by atoms with Gasteiger partial charge in [-0.2, -0.15) is 0 Å². The first-order valence-electron chi connectivity index (χ1n) is 5.22. The van der Waals surface area contributed by atoms with E-state index in [1.54, 1.807) is 0 Å². The van der Waals surface area contributed by atoms with Crippen LogP contribution >= 0.6 is 0 Å². The minimum absolute atomic E-state index is 0.0150. The largest absolute Gasteiger partial charge is 0.388 e. The molecule has 90 valence electrons. The summed E-state index contributed by atoms with van der Waals surface area (Å²) < 4.78 is 22.0. The molecular weight excluding hydrogens is 224 g/mol. The molecule has 0 bridgehead atoms. The van der Waals surface area contributed by atoms with Crippen LogP contribution in [0.2, 0.25) is 0 Å². The Hall–Kier alpha value is -0.870. The zero-order valence-electron chi connectivity index (χ0n) is 9.90. The molecule has 0 spiro atoms. The zero-order valence-corrected chi connectivity index (χ0v) is 10.7. The van der Waals surface area contributed by atoms with Crippen molar-refractivity contribution in [1.82, 2.24) is 0 Å². The molecule has 0 aliphatic rings. The van der Waals surface area contributed by atoms with Gasteiger partial charge in [0.15, 0.2) is 0 Å². The summed E-state index contributed by atoms with van der Waals surface area (Å²) in [5.41, 5.74) is 2.95. The number of sulfone groups is 1. The van der Waals surface area contributed by atoms with Crippen molar-refractivity contribution < 1.29 is 13.5 Å². The molecule has 3 nitrogen and oxygen atoms in total. The number of aryl methyl sites for hydroxylation is 2. The second-order valence-electron chi connectivity index (χ2n) is 4.36. The van der Waals surface area contributed by atoms with Gasteiger partial charge in [-0.25, -0.2) is 8.42 Å². The van der Waals surface area contributed by atoms with Crippen LogP contribution in [0.3, 0.4) is 0 Å². The Kier molecular flexibility index (Phi) is 4.10. The van der Waals surface area contributed by atoms with Gasteiger partial charge in [-0.15, -0.1) is 0 Å². The van der Waals surface area contributed by atoms with E-state index in [1.165, 1.54) is 6.26 Å². The van der Waals surface area contributed by atoms with Crippen molar-refractivity contribution in [2.24, 2.45) is 0 Å². The van der Waals surface area contributed by atoms with E-state index in [4.69, 9.17) is 0 Å². The maximum atomic E-state index is 11.0. The summed E-state index contributed by atoms with van der Waals surface area (Å²) in [6.45, 7) is 3.92. The van der Waals surface area contributed by atoms with Gasteiger partial charge in [-0.1, -0.05) is 29.3 Å². The Morgan fingerprint density at radius 3 is 2.12 bits per heavy atom. The molecule has 0 aliphatic carbocycles. The number of hydrogen-bond donors (Lipinski definition) is 1. The smallest absolute Gasteiger partial charge is 0.147 e. The molecule has 0 amide bonds. The summed E-state index contributed by atoms with van der Waals surface area (Å²) in [6.07, 6.45) is 0.733. The average molecular weight is 242 g/mol. The summed E-state index contributed by atoms with van der Waals surface area (Å²) in [5.74, 6) is 0.0150. The molecule has 1 N–H and O–H groups in total. The zero-order chi connectivity index (χ0) is 12.3. The van der Waals surface area contributed by atoms with E-state index >= 15 is 0 Å². The lowest BCUT2D eigenvalue weighted by Crippen LogP contribution is -2.08. The van der Waals surface area contributed by atoms with Gasteiger partial charge in [-0.05, 0) is 25.8 Å². The number of hydrogen-bond acceptors (Lipinski definition) is 3. The Bertz CT molecular complexity index is 443. The highest BCUT2D eigenvalue weighted by molar-refractivity contribution is 7.90. The molecule has 1 rings (SSSR count). The standard InChI is InChI=1S/C12H18O3S/c1-9-6-10(2)8-11(7-9)12(13)4-5-16(3,14)15/h6-8,12-13H,4-5H2,1-3H3. The first kappa shape index (κ1) is 13.2. The minimum atomic E-state index is -3.01. The normalized spacial score (nSPS) is 13.8. The first-order chi connectivity index (χ1) is 7.28. The van der Waals surface area contributed by atoms with Gasteiger partial charge in [0.2, 0.25) is 0 Å². The van der Waals surface area contributed by atoms with Crippen LogP contribution in [0.15, 0.2) is 18.2 Å². The van der Waals surface area contributed by atoms with E-state index in [-0.39, 0.29) is 12.2 Å². The Morgan fingerprint density at radius 1 is 1.19 bits per heavy atom. The van der Waals surface area contributed by atoms with Gasteiger partial charge < -0.3 is 5.11 Å². The van der Waals surface area contributed by atoms with Gasteiger partial charge in [0.05, 0.1) is 11.9 Å². The molecule has 0 radical (unpaired) electrons. The minimum Gasteiger partial charge on any atom is -0.388 e. The van der Waals surface area contributed by atoms with Crippen LogP contribution < -0.4 is 0 Å². The summed E-state index contributed by atoms with van der Waals surface area (Å²) in [6, 6.07) is 5.80. The molecule has 0 aliphatic heterocycles. The van der Waals surface area contributed by atoms with Crippen molar-refractivity contribution in [2.75, 3.05) is 12.0 Å². The van der Waals surface area contributed by atoms with Crippen LogP contribution in [-0.2, 0) is 9.84 Å². The fourth-order valence-corrected chi connectivity index (χ4v) is 2.35. The summed E-state index contributed by atoms with van der Waals surface area (Å²) in [4.78, 5) is 0. The van der Waals surface area contributed by atoms with Gasteiger partial charge >= 0.3 is 0 Å². The summed E-state index contributed by atoms with van der Waals surface area (Å²) >= 11 is 0. The Labute approximate surface area is 97.0 Å². The van der Waals surface area contributed by atoms with Gasteiger partial charge in [0.1, 0.15) is 9.84 Å². The lowest BCUT2D eigenvalue weighted by molar-refractivity contribution is 0.174. The highest BCUT2D eigenvalue weighted by atomic mass is 32.2. The number of benzene rings is 1. The van der Waals surface area contributed by atoms with Gasteiger partial charge in [0.25, 0.3) is 0 Å². The molecule has 16 heavy (non-hydrogen) atoms. The number of aliphatic hydroxyl groups excluding tert-OH is 1. The van der Waals surface area contributed by atoms with Crippen LogP contribution in [0.1, 0.15) is 29.2 Å². The van der Waals surface area contributed by atoms with E-state index in [2.05, 4.69) is 0 Å². The predicted molar refractivity (Wildman–Crippen MR) is 65.2 cm³/mol. The Balaban J connectivity index is 2.76. The maximum absolute atomic E-state index is 11.0.